The average molecular weight is 227 g/mol. The molecule has 15 heavy (non-hydrogen) atoms. The van der Waals surface area contributed by atoms with Gasteiger partial charge in [-0.15, -0.1) is 0 Å². The second kappa shape index (κ2) is 3.30. The lowest BCUT2D eigenvalue weighted by atomic mass is 10.1. The zero-order valence-electron chi connectivity index (χ0n) is 7.80. The number of carboxylic acids is 1. The molecule has 1 N–H and O–H groups in total. The highest BCUT2D eigenvalue weighted by molar-refractivity contribution is 7.90. The van der Waals surface area contributed by atoms with Gasteiger partial charge in [-0.05, 0) is 11.6 Å². The Morgan fingerprint density at radius 2 is 2.20 bits per heavy atom. The summed E-state index contributed by atoms with van der Waals surface area (Å²) in [6.07, 6.45) is 1.64. The fourth-order valence-corrected chi connectivity index (χ4v) is 2.94. The molecular formula is C9H9NO4S. The zero-order chi connectivity index (χ0) is 11.1. The van der Waals surface area contributed by atoms with Crippen molar-refractivity contribution in [1.29, 1.82) is 0 Å². The third-order valence-electron chi connectivity index (χ3n) is 2.33. The topological polar surface area (TPSA) is 84.3 Å². The summed E-state index contributed by atoms with van der Waals surface area (Å²) in [5, 5.41) is 8.73. The Hall–Kier alpha value is -1.43. The van der Waals surface area contributed by atoms with Crippen LogP contribution in [0.25, 0.3) is 0 Å². The Morgan fingerprint density at radius 1 is 1.47 bits per heavy atom. The molecule has 0 unspecified atom stereocenters. The molecule has 0 fully saturated rings. The van der Waals surface area contributed by atoms with E-state index in [4.69, 9.17) is 5.11 Å². The van der Waals surface area contributed by atoms with Crippen molar-refractivity contribution in [2.75, 3.05) is 5.75 Å². The lowest BCUT2D eigenvalue weighted by Crippen LogP contribution is -2.20. The average Bonchev–Trinajstić information content (AvgIpc) is 2.15. The molecule has 2 rings (SSSR count). The van der Waals surface area contributed by atoms with Crippen molar-refractivity contribution in [2.45, 2.75) is 12.2 Å². The van der Waals surface area contributed by atoms with E-state index in [2.05, 4.69) is 4.98 Å². The van der Waals surface area contributed by atoms with Gasteiger partial charge in [0.1, 0.15) is 0 Å². The van der Waals surface area contributed by atoms with Crippen LogP contribution in [0.4, 0.5) is 0 Å². The van der Waals surface area contributed by atoms with Crippen molar-refractivity contribution in [1.82, 2.24) is 4.98 Å². The second-order valence-electron chi connectivity index (χ2n) is 3.48. The Kier molecular flexibility index (Phi) is 2.22. The second-order valence-corrected chi connectivity index (χ2v) is 5.66. The van der Waals surface area contributed by atoms with Crippen molar-refractivity contribution in [2.24, 2.45) is 0 Å². The van der Waals surface area contributed by atoms with Gasteiger partial charge in [0.15, 0.2) is 9.84 Å². The van der Waals surface area contributed by atoms with E-state index in [0.29, 0.717) is 17.7 Å². The van der Waals surface area contributed by atoms with Crippen molar-refractivity contribution in [3.8, 4) is 0 Å². The Bertz CT molecular complexity index is 521. The summed E-state index contributed by atoms with van der Waals surface area (Å²) in [6.45, 7) is 0. The molecule has 0 atom stereocenters. The van der Waals surface area contributed by atoms with E-state index < -0.39 is 15.8 Å². The van der Waals surface area contributed by atoms with Crippen LogP contribution in [0.2, 0.25) is 0 Å². The van der Waals surface area contributed by atoms with Gasteiger partial charge in [-0.3, -0.25) is 4.98 Å². The van der Waals surface area contributed by atoms with Crippen LogP contribution >= 0.6 is 0 Å². The smallest absolute Gasteiger partial charge is 0.337 e. The first-order chi connectivity index (χ1) is 6.98. The molecule has 6 heteroatoms. The number of hydrogen-bond acceptors (Lipinski definition) is 4. The minimum absolute atomic E-state index is 0.0332. The van der Waals surface area contributed by atoms with Crippen LogP contribution in [0.5, 0.6) is 0 Å². The van der Waals surface area contributed by atoms with Gasteiger partial charge in [0.05, 0.1) is 17.1 Å². The number of sulfone groups is 1. The number of fused-ring (bicyclic) bond motifs is 1. The van der Waals surface area contributed by atoms with Crippen LogP contribution in [0.3, 0.4) is 0 Å². The maximum Gasteiger partial charge on any atom is 0.337 e. The van der Waals surface area contributed by atoms with Crippen LogP contribution < -0.4 is 0 Å². The molecule has 1 aromatic heterocycles. The van der Waals surface area contributed by atoms with Crippen LogP contribution in [0.1, 0.15) is 21.6 Å². The molecule has 80 valence electrons. The highest BCUT2D eigenvalue weighted by atomic mass is 32.2. The molecule has 0 spiro atoms. The molecule has 0 radical (unpaired) electrons. The number of aromatic nitrogens is 1. The monoisotopic (exact) mass is 227 g/mol. The minimum atomic E-state index is -3.07. The molecule has 0 saturated carbocycles. The molecule has 0 bridgehead atoms. The summed E-state index contributed by atoms with van der Waals surface area (Å²) in [4.78, 5) is 14.6. The summed E-state index contributed by atoms with van der Waals surface area (Å²) in [7, 11) is -3.07. The molecule has 1 aromatic rings. The number of nitrogens with zero attached hydrogens (tertiary/aromatic N) is 1. The number of rotatable bonds is 1. The van der Waals surface area contributed by atoms with Crippen molar-refractivity contribution < 1.29 is 18.3 Å². The van der Waals surface area contributed by atoms with E-state index in [1.54, 1.807) is 0 Å². The highest BCUT2D eigenvalue weighted by Crippen LogP contribution is 2.19. The maximum atomic E-state index is 11.3. The third-order valence-corrected chi connectivity index (χ3v) is 3.91. The van der Waals surface area contributed by atoms with E-state index in [1.165, 1.54) is 12.3 Å². The molecule has 2 heterocycles. The van der Waals surface area contributed by atoms with E-state index in [0.717, 1.165) is 0 Å². The van der Waals surface area contributed by atoms with Gasteiger partial charge < -0.3 is 5.11 Å². The fraction of sp³-hybridized carbons (Fsp3) is 0.333. The standard InChI is InChI=1S/C9H9NO4S/c11-9(12)6-3-7-5-15(13,14)2-1-8(7)10-4-6/h3-4H,1-2,5H2,(H,11,12). The first kappa shape index (κ1) is 10.1. The van der Waals surface area contributed by atoms with Gasteiger partial charge >= 0.3 is 5.97 Å². The molecule has 0 amide bonds. The normalized spacial score (nSPS) is 18.1. The lowest BCUT2D eigenvalue weighted by Gasteiger charge is -2.15. The van der Waals surface area contributed by atoms with Crippen LogP contribution in [-0.2, 0) is 22.0 Å². The summed E-state index contributed by atoms with van der Waals surface area (Å²) in [5.74, 6) is -1.09. The van der Waals surface area contributed by atoms with Gasteiger partial charge in [0, 0.05) is 18.3 Å². The van der Waals surface area contributed by atoms with Gasteiger partial charge in [-0.1, -0.05) is 0 Å². The first-order valence-corrected chi connectivity index (χ1v) is 6.21. The predicted octanol–water partition coefficient (Wildman–Crippen LogP) is 0.251. The van der Waals surface area contributed by atoms with Crippen LogP contribution in [0.15, 0.2) is 12.3 Å². The molecule has 5 nitrogen and oxygen atoms in total. The Balaban J connectivity index is 2.48. The van der Waals surface area contributed by atoms with Gasteiger partial charge in [-0.2, -0.15) is 0 Å². The maximum absolute atomic E-state index is 11.3. The minimum Gasteiger partial charge on any atom is -0.478 e. The summed E-state index contributed by atoms with van der Waals surface area (Å²) < 4.78 is 22.6. The summed E-state index contributed by atoms with van der Waals surface area (Å²) in [6, 6.07) is 1.39. The lowest BCUT2D eigenvalue weighted by molar-refractivity contribution is 0.0696. The quantitative estimate of drug-likeness (QED) is 0.743. The van der Waals surface area contributed by atoms with Crippen molar-refractivity contribution >= 4 is 15.8 Å². The van der Waals surface area contributed by atoms with Crippen LogP contribution in [0, 0.1) is 0 Å². The van der Waals surface area contributed by atoms with Gasteiger partial charge in [-0.25, -0.2) is 13.2 Å². The summed E-state index contributed by atoms with van der Waals surface area (Å²) in [5.41, 5.74) is 1.24. The third kappa shape index (κ3) is 1.99. The Labute approximate surface area is 86.7 Å². The molecule has 1 aliphatic rings. The number of carbonyl (C=O) groups is 1. The van der Waals surface area contributed by atoms with E-state index in [1.807, 2.05) is 0 Å². The number of carboxylic acid groups (broad SMARTS) is 1. The molecule has 0 aromatic carbocycles. The Morgan fingerprint density at radius 3 is 2.87 bits per heavy atom. The molecular weight excluding hydrogens is 218 g/mol. The number of hydrogen-bond donors (Lipinski definition) is 1. The summed E-state index contributed by atoms with van der Waals surface area (Å²) >= 11 is 0. The van der Waals surface area contributed by atoms with E-state index >= 15 is 0 Å². The highest BCUT2D eigenvalue weighted by Gasteiger charge is 2.23. The predicted molar refractivity (Wildman–Crippen MR) is 52.4 cm³/mol. The van der Waals surface area contributed by atoms with Gasteiger partial charge in [0.25, 0.3) is 0 Å². The van der Waals surface area contributed by atoms with Gasteiger partial charge in [0.2, 0.25) is 0 Å². The van der Waals surface area contributed by atoms with Crippen LogP contribution in [-0.4, -0.2) is 30.2 Å². The van der Waals surface area contributed by atoms with E-state index in [-0.39, 0.29) is 17.1 Å². The molecule has 1 aliphatic heterocycles. The SMILES string of the molecule is O=C(O)c1cnc2c(c1)CS(=O)(=O)CC2. The number of pyridine rings is 1. The van der Waals surface area contributed by atoms with E-state index in [9.17, 15) is 13.2 Å². The molecule has 0 saturated heterocycles. The van der Waals surface area contributed by atoms with Crippen molar-refractivity contribution in [3.05, 3.63) is 29.1 Å². The fourth-order valence-electron chi connectivity index (χ4n) is 1.57. The molecule has 0 aliphatic carbocycles. The largest absolute Gasteiger partial charge is 0.478 e. The van der Waals surface area contributed by atoms with Crippen molar-refractivity contribution in [3.63, 3.8) is 0 Å². The first-order valence-electron chi connectivity index (χ1n) is 4.39. The number of aryl methyl sites for hydroxylation is 1. The number of aromatic carboxylic acids is 1. The zero-order valence-corrected chi connectivity index (χ0v) is 8.62.